The number of nitrogens with one attached hydrogen (secondary N) is 1. The molecule has 0 atom stereocenters. The molecule has 154 valence electrons. The molecule has 1 aliphatic heterocycles. The van der Waals surface area contributed by atoms with Crippen molar-refractivity contribution in [3.8, 4) is 12.3 Å². The van der Waals surface area contributed by atoms with Crippen molar-refractivity contribution in [2.75, 3.05) is 30.5 Å². The Morgan fingerprint density at radius 2 is 1.87 bits per heavy atom. The molecule has 1 N–H and O–H groups in total. The monoisotopic (exact) mass is 428 g/mol. The molecule has 0 radical (unpaired) electrons. The minimum absolute atomic E-state index is 0.0655. The third kappa shape index (κ3) is 4.33. The molecule has 31 heavy (non-hydrogen) atoms. The number of terminal acetylenes is 1. The van der Waals surface area contributed by atoms with Gasteiger partial charge in [0.15, 0.2) is 0 Å². The summed E-state index contributed by atoms with van der Waals surface area (Å²) in [6.45, 7) is 0.856. The maximum atomic E-state index is 13.2. The van der Waals surface area contributed by atoms with Gasteiger partial charge in [0.2, 0.25) is 0 Å². The Morgan fingerprint density at radius 1 is 1.10 bits per heavy atom. The zero-order valence-electron chi connectivity index (χ0n) is 16.9. The van der Waals surface area contributed by atoms with E-state index in [2.05, 4.69) is 11.2 Å². The van der Waals surface area contributed by atoms with Crippen molar-refractivity contribution in [1.29, 1.82) is 0 Å². The highest BCUT2D eigenvalue weighted by Crippen LogP contribution is 2.42. The summed E-state index contributed by atoms with van der Waals surface area (Å²) in [4.78, 5) is 29.3. The van der Waals surface area contributed by atoms with E-state index in [0.29, 0.717) is 30.0 Å². The number of hydrogen-bond donors (Lipinski definition) is 1. The van der Waals surface area contributed by atoms with Gasteiger partial charge in [-0.25, -0.2) is 0 Å². The fourth-order valence-electron chi connectivity index (χ4n) is 3.33. The summed E-state index contributed by atoms with van der Waals surface area (Å²) in [7, 11) is 1.61. The van der Waals surface area contributed by atoms with Gasteiger partial charge < -0.3 is 15.0 Å². The molecule has 3 aromatic carbocycles. The number of amides is 2. The van der Waals surface area contributed by atoms with E-state index in [-0.39, 0.29) is 11.8 Å². The molecule has 0 fully saturated rings. The summed E-state index contributed by atoms with van der Waals surface area (Å²) in [6.07, 6.45) is 5.37. The van der Waals surface area contributed by atoms with Gasteiger partial charge in [0.05, 0.1) is 17.9 Å². The molecule has 0 aliphatic carbocycles. The first-order valence-corrected chi connectivity index (χ1v) is 10.5. The number of hydrogen-bond acceptors (Lipinski definition) is 4. The Kier molecular flexibility index (Phi) is 6.08. The Bertz CT molecular complexity index is 1180. The van der Waals surface area contributed by atoms with Crippen LogP contribution in [-0.4, -0.2) is 32.1 Å². The molecular weight excluding hydrogens is 408 g/mol. The van der Waals surface area contributed by atoms with Crippen LogP contribution in [0.2, 0.25) is 0 Å². The second-order valence-electron chi connectivity index (χ2n) is 6.91. The van der Waals surface area contributed by atoms with Crippen LogP contribution in [0.4, 0.5) is 11.4 Å². The van der Waals surface area contributed by atoms with Gasteiger partial charge in [-0.1, -0.05) is 29.8 Å². The molecule has 1 aliphatic rings. The first-order chi connectivity index (χ1) is 15.1. The predicted octanol–water partition coefficient (Wildman–Crippen LogP) is 4.68. The van der Waals surface area contributed by atoms with Gasteiger partial charge in [0.25, 0.3) is 11.8 Å². The molecule has 2 amide bonds. The smallest absolute Gasteiger partial charge is 0.259 e. The van der Waals surface area contributed by atoms with Crippen molar-refractivity contribution >= 4 is 35.0 Å². The van der Waals surface area contributed by atoms with Crippen LogP contribution in [0.5, 0.6) is 0 Å². The van der Waals surface area contributed by atoms with Crippen LogP contribution in [0, 0.1) is 12.3 Å². The number of ether oxygens (including phenoxy) is 1. The fourth-order valence-corrected chi connectivity index (χ4v) is 4.45. The highest BCUT2D eigenvalue weighted by atomic mass is 32.2. The molecule has 0 saturated heterocycles. The number of nitrogens with zero attached hydrogens (tertiary/aromatic N) is 1. The molecular formula is C25H20N2O3S. The molecule has 1 heterocycles. The van der Waals surface area contributed by atoms with Crippen molar-refractivity contribution in [2.24, 2.45) is 0 Å². The van der Waals surface area contributed by atoms with E-state index in [1.807, 2.05) is 36.4 Å². The lowest BCUT2D eigenvalue weighted by atomic mass is 10.1. The summed E-state index contributed by atoms with van der Waals surface area (Å²) in [6, 6.07) is 20.0. The summed E-state index contributed by atoms with van der Waals surface area (Å²) >= 11 is 1.51. The summed E-state index contributed by atoms with van der Waals surface area (Å²) < 4.78 is 5.21. The summed E-state index contributed by atoms with van der Waals surface area (Å²) in [5.74, 6) is 2.25. The van der Waals surface area contributed by atoms with Crippen molar-refractivity contribution < 1.29 is 14.3 Å². The lowest BCUT2D eigenvalue weighted by Crippen LogP contribution is -2.33. The van der Waals surface area contributed by atoms with Crippen molar-refractivity contribution in [3.63, 3.8) is 0 Å². The molecule has 3 aromatic rings. The quantitative estimate of drug-likeness (QED) is 0.600. The molecule has 5 nitrogen and oxygen atoms in total. The average molecular weight is 429 g/mol. The van der Waals surface area contributed by atoms with Crippen LogP contribution in [0.15, 0.2) is 76.5 Å². The fraction of sp³-hybridized carbons (Fsp3) is 0.120. The van der Waals surface area contributed by atoms with E-state index in [1.165, 1.54) is 11.8 Å². The number of methoxy groups -OCH3 is 1. The molecule has 4 rings (SSSR count). The van der Waals surface area contributed by atoms with Crippen LogP contribution in [0.1, 0.15) is 26.3 Å². The third-order valence-electron chi connectivity index (χ3n) is 4.92. The molecule has 6 heteroatoms. The molecule has 0 spiro atoms. The van der Waals surface area contributed by atoms with Gasteiger partial charge in [-0.05, 0) is 54.6 Å². The first-order valence-electron chi connectivity index (χ1n) is 9.70. The van der Waals surface area contributed by atoms with Crippen molar-refractivity contribution in [3.05, 3.63) is 83.4 Å². The maximum Gasteiger partial charge on any atom is 0.259 e. The molecule has 0 saturated carbocycles. The van der Waals surface area contributed by atoms with Crippen molar-refractivity contribution in [2.45, 2.75) is 9.79 Å². The van der Waals surface area contributed by atoms with Gasteiger partial charge >= 0.3 is 0 Å². The SMILES string of the molecule is C#Cc1ccc(C(=O)Nc2ccc3c(c2)Sc2ccccc2C(=O)N3CCOC)cc1. The molecule has 0 aromatic heterocycles. The minimum Gasteiger partial charge on any atom is -0.383 e. The number of anilines is 2. The van der Waals surface area contributed by atoms with E-state index in [9.17, 15) is 9.59 Å². The number of rotatable bonds is 5. The van der Waals surface area contributed by atoms with Gasteiger partial charge in [-0.3, -0.25) is 9.59 Å². The number of benzene rings is 3. The van der Waals surface area contributed by atoms with Gasteiger partial charge in [-0.15, -0.1) is 6.42 Å². The molecule has 0 unspecified atom stereocenters. The van der Waals surface area contributed by atoms with Crippen LogP contribution in [0.3, 0.4) is 0 Å². The van der Waals surface area contributed by atoms with E-state index >= 15 is 0 Å². The van der Waals surface area contributed by atoms with Crippen LogP contribution in [-0.2, 0) is 4.74 Å². The lowest BCUT2D eigenvalue weighted by molar-refractivity contribution is 0.0972. The Hall–Kier alpha value is -3.53. The minimum atomic E-state index is -0.227. The van der Waals surface area contributed by atoms with Gasteiger partial charge in [0.1, 0.15) is 0 Å². The third-order valence-corrected chi connectivity index (χ3v) is 6.05. The number of carbonyl (C=O) groups excluding carboxylic acids is 2. The highest BCUT2D eigenvalue weighted by Gasteiger charge is 2.27. The summed E-state index contributed by atoms with van der Waals surface area (Å²) in [5, 5.41) is 2.93. The van der Waals surface area contributed by atoms with Gasteiger partial charge in [-0.2, -0.15) is 0 Å². The number of carbonyl (C=O) groups is 2. The topological polar surface area (TPSA) is 58.6 Å². The zero-order valence-corrected chi connectivity index (χ0v) is 17.7. The van der Waals surface area contributed by atoms with Crippen LogP contribution >= 0.6 is 11.8 Å². The Balaban J connectivity index is 1.66. The van der Waals surface area contributed by atoms with Gasteiger partial charge in [0, 0.05) is 40.3 Å². The average Bonchev–Trinajstić information content (AvgIpc) is 2.91. The summed E-state index contributed by atoms with van der Waals surface area (Å²) in [5.41, 5.74) is 3.33. The predicted molar refractivity (Wildman–Crippen MR) is 123 cm³/mol. The second kappa shape index (κ2) is 9.09. The Morgan fingerprint density at radius 3 is 2.61 bits per heavy atom. The van der Waals surface area contributed by atoms with Crippen LogP contribution < -0.4 is 10.2 Å². The maximum absolute atomic E-state index is 13.2. The normalized spacial score (nSPS) is 12.4. The van der Waals surface area contributed by atoms with Crippen LogP contribution in [0.25, 0.3) is 0 Å². The van der Waals surface area contributed by atoms with E-state index in [4.69, 9.17) is 11.2 Å². The lowest BCUT2D eigenvalue weighted by Gasteiger charge is -2.23. The first kappa shape index (κ1) is 20.7. The van der Waals surface area contributed by atoms with E-state index < -0.39 is 0 Å². The number of fused-ring (bicyclic) bond motifs is 2. The van der Waals surface area contributed by atoms with E-state index in [1.54, 1.807) is 42.3 Å². The second-order valence-corrected chi connectivity index (χ2v) is 7.99. The zero-order chi connectivity index (χ0) is 21.8. The standard InChI is InChI=1S/C25H20N2O3S/c1-3-17-8-10-18(11-9-17)24(28)26-19-12-13-21-23(16-19)31-22-7-5-4-6-20(22)25(29)27(21)14-15-30-2/h1,4-13,16H,14-15H2,2H3,(H,26,28). The Labute approximate surface area is 185 Å². The van der Waals surface area contributed by atoms with E-state index in [0.717, 1.165) is 21.0 Å². The van der Waals surface area contributed by atoms with Crippen molar-refractivity contribution in [1.82, 2.24) is 0 Å². The largest absolute Gasteiger partial charge is 0.383 e. The highest BCUT2D eigenvalue weighted by molar-refractivity contribution is 7.99. The molecule has 0 bridgehead atoms.